The fourth-order valence-corrected chi connectivity index (χ4v) is 1.64. The molecule has 0 aromatic carbocycles. The molecule has 0 fully saturated rings. The number of hydrogen-bond acceptors (Lipinski definition) is 2. The Bertz CT molecular complexity index is 408. The van der Waals surface area contributed by atoms with Gasteiger partial charge in [0, 0.05) is 17.2 Å². The van der Waals surface area contributed by atoms with Crippen LogP contribution in [0.25, 0.3) is 5.52 Å². The average molecular weight is 226 g/mol. The molecule has 3 nitrogen and oxygen atoms in total. The minimum Gasteiger partial charge on any atom is -0.326 e. The quantitative estimate of drug-likeness (QED) is 0.801. The van der Waals surface area contributed by atoms with Crippen LogP contribution in [0.1, 0.15) is 5.56 Å². The van der Waals surface area contributed by atoms with E-state index in [4.69, 9.17) is 5.73 Å². The van der Waals surface area contributed by atoms with Gasteiger partial charge in [-0.1, -0.05) is 0 Å². The lowest BCUT2D eigenvalue weighted by atomic mass is 10.2. The van der Waals surface area contributed by atoms with Gasteiger partial charge in [-0.15, -0.1) is 0 Å². The van der Waals surface area contributed by atoms with Crippen LogP contribution in [0, 0.1) is 0 Å². The number of rotatable bonds is 1. The highest BCUT2D eigenvalue weighted by Gasteiger charge is 2.00. The molecule has 62 valence electrons. The third-order valence-corrected chi connectivity index (χ3v) is 2.51. The van der Waals surface area contributed by atoms with E-state index in [2.05, 4.69) is 20.9 Å². The first-order chi connectivity index (χ1) is 5.81. The fourth-order valence-electron chi connectivity index (χ4n) is 1.14. The Morgan fingerprint density at radius 1 is 1.58 bits per heavy atom. The van der Waals surface area contributed by atoms with Crippen molar-refractivity contribution in [2.75, 3.05) is 0 Å². The van der Waals surface area contributed by atoms with Gasteiger partial charge in [0.2, 0.25) is 0 Å². The summed E-state index contributed by atoms with van der Waals surface area (Å²) in [5, 5.41) is 0. The molecule has 4 heteroatoms. The van der Waals surface area contributed by atoms with Crippen molar-refractivity contribution in [2.24, 2.45) is 5.73 Å². The minimum atomic E-state index is 0.544. The normalized spacial score (nSPS) is 10.8. The molecule has 2 aromatic rings. The average Bonchev–Trinajstić information content (AvgIpc) is 2.49. The standard InChI is InChI=1S/C8H8BrN3/c9-8-4-12-5-11-3-7(12)1-6(8)2-10/h1,3-5H,2,10H2. The number of aromatic nitrogens is 2. The van der Waals surface area contributed by atoms with Crippen molar-refractivity contribution < 1.29 is 0 Å². The van der Waals surface area contributed by atoms with Crippen LogP contribution in [0.2, 0.25) is 0 Å². The summed E-state index contributed by atoms with van der Waals surface area (Å²) in [5.41, 5.74) is 7.72. The maximum atomic E-state index is 5.55. The Morgan fingerprint density at radius 3 is 3.17 bits per heavy atom. The van der Waals surface area contributed by atoms with Crippen LogP contribution >= 0.6 is 15.9 Å². The Balaban J connectivity index is 2.73. The van der Waals surface area contributed by atoms with Crippen LogP contribution in [0.3, 0.4) is 0 Å². The van der Waals surface area contributed by atoms with Crippen LogP contribution in [0.5, 0.6) is 0 Å². The molecule has 0 aliphatic heterocycles. The Labute approximate surface area is 78.3 Å². The van der Waals surface area contributed by atoms with Gasteiger partial charge in [0.05, 0.1) is 18.0 Å². The highest BCUT2D eigenvalue weighted by molar-refractivity contribution is 9.10. The Morgan fingerprint density at radius 2 is 2.42 bits per heavy atom. The van der Waals surface area contributed by atoms with Crippen molar-refractivity contribution in [3.8, 4) is 0 Å². The maximum absolute atomic E-state index is 5.55. The number of fused-ring (bicyclic) bond motifs is 1. The lowest BCUT2D eigenvalue weighted by molar-refractivity contribution is 1.04. The monoisotopic (exact) mass is 225 g/mol. The molecule has 0 atom stereocenters. The van der Waals surface area contributed by atoms with Gasteiger partial charge in [-0.2, -0.15) is 0 Å². The maximum Gasteiger partial charge on any atom is 0.0992 e. The van der Waals surface area contributed by atoms with Crippen molar-refractivity contribution in [1.29, 1.82) is 0 Å². The first-order valence-corrected chi connectivity index (χ1v) is 4.40. The van der Waals surface area contributed by atoms with E-state index in [9.17, 15) is 0 Å². The lowest BCUT2D eigenvalue weighted by Gasteiger charge is -2.01. The predicted molar refractivity (Wildman–Crippen MR) is 50.8 cm³/mol. The van der Waals surface area contributed by atoms with Crippen molar-refractivity contribution in [3.05, 3.63) is 34.8 Å². The van der Waals surface area contributed by atoms with Crippen LogP contribution in [-0.4, -0.2) is 9.38 Å². The van der Waals surface area contributed by atoms with Gasteiger partial charge in [0.25, 0.3) is 0 Å². The highest BCUT2D eigenvalue weighted by atomic mass is 79.9. The SMILES string of the molecule is NCc1cc2cncn2cc1Br. The van der Waals surface area contributed by atoms with Crippen LogP contribution in [0.4, 0.5) is 0 Å². The van der Waals surface area contributed by atoms with Gasteiger partial charge in [0.1, 0.15) is 0 Å². The topological polar surface area (TPSA) is 43.3 Å². The van der Waals surface area contributed by atoms with E-state index in [0.29, 0.717) is 6.54 Å². The third-order valence-electron chi connectivity index (χ3n) is 1.80. The van der Waals surface area contributed by atoms with Gasteiger partial charge in [-0.3, -0.25) is 0 Å². The minimum absolute atomic E-state index is 0.544. The Hall–Kier alpha value is -0.870. The van der Waals surface area contributed by atoms with E-state index in [0.717, 1.165) is 15.6 Å². The lowest BCUT2D eigenvalue weighted by Crippen LogP contribution is -1.98. The fraction of sp³-hybridized carbons (Fsp3) is 0.125. The molecule has 2 rings (SSSR count). The van der Waals surface area contributed by atoms with Crippen molar-refractivity contribution in [3.63, 3.8) is 0 Å². The summed E-state index contributed by atoms with van der Waals surface area (Å²) < 4.78 is 2.97. The molecule has 0 aliphatic carbocycles. The molecule has 0 spiro atoms. The Kier molecular flexibility index (Phi) is 1.86. The summed E-state index contributed by atoms with van der Waals surface area (Å²) in [6.07, 6.45) is 5.54. The molecule has 2 aromatic heterocycles. The zero-order chi connectivity index (χ0) is 8.55. The first-order valence-electron chi connectivity index (χ1n) is 3.61. The van der Waals surface area contributed by atoms with E-state index in [-0.39, 0.29) is 0 Å². The molecule has 2 heterocycles. The smallest absolute Gasteiger partial charge is 0.0992 e. The summed E-state index contributed by atoms with van der Waals surface area (Å²) in [7, 11) is 0. The zero-order valence-electron chi connectivity index (χ0n) is 6.37. The van der Waals surface area contributed by atoms with Crippen molar-refractivity contribution in [1.82, 2.24) is 9.38 Å². The summed E-state index contributed by atoms with van der Waals surface area (Å²) in [4.78, 5) is 4.02. The van der Waals surface area contributed by atoms with E-state index in [1.165, 1.54) is 0 Å². The van der Waals surface area contributed by atoms with Crippen LogP contribution in [0.15, 0.2) is 29.3 Å². The van der Waals surface area contributed by atoms with Gasteiger partial charge in [-0.25, -0.2) is 4.98 Å². The van der Waals surface area contributed by atoms with E-state index in [1.807, 2.05) is 22.9 Å². The van der Waals surface area contributed by atoms with Gasteiger partial charge < -0.3 is 10.1 Å². The van der Waals surface area contributed by atoms with Gasteiger partial charge >= 0.3 is 0 Å². The third kappa shape index (κ3) is 1.13. The molecule has 0 radical (unpaired) electrons. The molecule has 12 heavy (non-hydrogen) atoms. The second kappa shape index (κ2) is 2.88. The zero-order valence-corrected chi connectivity index (χ0v) is 7.95. The van der Waals surface area contributed by atoms with E-state index >= 15 is 0 Å². The van der Waals surface area contributed by atoms with Crippen LogP contribution < -0.4 is 5.73 Å². The molecule has 0 saturated heterocycles. The molecular weight excluding hydrogens is 218 g/mol. The first kappa shape index (κ1) is 7.76. The summed E-state index contributed by atoms with van der Waals surface area (Å²) in [6.45, 7) is 0.544. The van der Waals surface area contributed by atoms with Gasteiger partial charge in [0.15, 0.2) is 0 Å². The number of nitrogens with two attached hydrogens (primary N) is 1. The van der Waals surface area contributed by atoms with Crippen LogP contribution in [-0.2, 0) is 6.54 Å². The van der Waals surface area contributed by atoms with Crippen molar-refractivity contribution in [2.45, 2.75) is 6.54 Å². The number of pyridine rings is 1. The largest absolute Gasteiger partial charge is 0.326 e. The molecule has 0 bridgehead atoms. The number of hydrogen-bond donors (Lipinski definition) is 1. The number of halogens is 1. The molecular formula is C8H8BrN3. The molecule has 2 N–H and O–H groups in total. The highest BCUT2D eigenvalue weighted by Crippen LogP contribution is 2.17. The number of imidazole rings is 1. The van der Waals surface area contributed by atoms with Crippen molar-refractivity contribution >= 4 is 21.4 Å². The summed E-state index contributed by atoms with van der Waals surface area (Å²) in [5.74, 6) is 0. The van der Waals surface area contributed by atoms with E-state index in [1.54, 1.807) is 6.33 Å². The predicted octanol–water partition coefficient (Wildman–Crippen LogP) is 1.56. The second-order valence-electron chi connectivity index (χ2n) is 2.58. The molecule has 0 unspecified atom stereocenters. The number of nitrogens with zero attached hydrogens (tertiary/aromatic N) is 2. The molecule has 0 amide bonds. The molecule has 0 aliphatic rings. The summed E-state index contributed by atoms with van der Waals surface area (Å²) >= 11 is 3.43. The summed E-state index contributed by atoms with van der Waals surface area (Å²) in [6, 6.07) is 2.02. The van der Waals surface area contributed by atoms with E-state index < -0.39 is 0 Å². The second-order valence-corrected chi connectivity index (χ2v) is 3.43. The molecule has 0 saturated carbocycles. The van der Waals surface area contributed by atoms with Gasteiger partial charge in [-0.05, 0) is 27.6 Å².